The molecule has 0 aliphatic carbocycles. The number of nitrogens with zero attached hydrogens (tertiary/aromatic N) is 1. The van der Waals surface area contributed by atoms with Gasteiger partial charge in [-0.05, 0) is 12.5 Å². The van der Waals surface area contributed by atoms with Crippen LogP contribution in [0.4, 0.5) is 5.69 Å². The molecule has 112 valence electrons. The first-order valence-corrected chi connectivity index (χ1v) is 7.89. The second-order valence-electron chi connectivity index (χ2n) is 4.29. The molecule has 0 radical (unpaired) electrons. The number of sulfonamides is 1. The molecule has 7 nitrogen and oxygen atoms in total. The molecule has 1 aromatic carbocycles. The lowest BCUT2D eigenvalue weighted by Gasteiger charge is -2.15. The monoisotopic (exact) mass is 322 g/mol. The van der Waals surface area contributed by atoms with Crippen LogP contribution in [-0.2, 0) is 10.0 Å². The van der Waals surface area contributed by atoms with Crippen molar-refractivity contribution in [1.82, 2.24) is 0 Å². The Hall–Kier alpha value is -1.38. The van der Waals surface area contributed by atoms with E-state index in [1.165, 1.54) is 18.2 Å². The molecule has 2 N–H and O–H groups in total. The van der Waals surface area contributed by atoms with Crippen molar-refractivity contribution >= 4 is 27.3 Å². The minimum absolute atomic E-state index is 0.102. The maximum Gasteiger partial charge on any atom is 0.271 e. The van der Waals surface area contributed by atoms with Crippen molar-refractivity contribution in [2.75, 3.05) is 12.4 Å². The lowest BCUT2D eigenvalue weighted by atomic mass is 10.1. The molecule has 20 heavy (non-hydrogen) atoms. The fraction of sp³-hybridized carbons (Fsp3) is 0.455. The summed E-state index contributed by atoms with van der Waals surface area (Å²) in [6, 6.07) is 3.82. The predicted molar refractivity (Wildman–Crippen MR) is 75.4 cm³/mol. The van der Waals surface area contributed by atoms with Gasteiger partial charge in [0.15, 0.2) is 0 Å². The molecular formula is C11H15ClN2O5S. The van der Waals surface area contributed by atoms with Gasteiger partial charge in [-0.15, -0.1) is 0 Å². The quantitative estimate of drug-likeness (QED) is 0.609. The number of halogens is 1. The van der Waals surface area contributed by atoms with E-state index in [4.69, 9.17) is 21.5 Å². The maximum absolute atomic E-state index is 11.0. The zero-order chi connectivity index (χ0) is 15.3. The standard InChI is InChI=1S/C11H15ClN2O5S/c1-2-8(7-20(13,17)18)6-19-11-4-3-9(14(15)16)5-10(11)12/h3-5,8H,2,6-7H2,1H3,(H2,13,17,18). The number of hydrogen-bond donors (Lipinski definition) is 1. The summed E-state index contributed by atoms with van der Waals surface area (Å²) in [5.41, 5.74) is -0.140. The largest absolute Gasteiger partial charge is 0.492 e. The molecule has 0 heterocycles. The van der Waals surface area contributed by atoms with Crippen LogP contribution in [0.15, 0.2) is 18.2 Å². The van der Waals surface area contributed by atoms with Crippen molar-refractivity contribution < 1.29 is 18.1 Å². The van der Waals surface area contributed by atoms with Gasteiger partial charge in [0.2, 0.25) is 10.0 Å². The summed E-state index contributed by atoms with van der Waals surface area (Å²) in [6.07, 6.45) is 0.570. The van der Waals surface area contributed by atoms with Crippen molar-refractivity contribution in [3.05, 3.63) is 33.3 Å². The number of ether oxygens (including phenoxy) is 1. The molecule has 0 aliphatic rings. The Morgan fingerprint density at radius 2 is 2.15 bits per heavy atom. The van der Waals surface area contributed by atoms with Crippen LogP contribution in [0, 0.1) is 16.0 Å². The smallest absolute Gasteiger partial charge is 0.271 e. The number of non-ortho nitro benzene ring substituents is 1. The summed E-state index contributed by atoms with van der Waals surface area (Å²) in [7, 11) is -3.57. The van der Waals surface area contributed by atoms with Crippen molar-refractivity contribution in [3.8, 4) is 5.75 Å². The van der Waals surface area contributed by atoms with E-state index in [1.54, 1.807) is 0 Å². The highest BCUT2D eigenvalue weighted by Crippen LogP contribution is 2.29. The highest BCUT2D eigenvalue weighted by atomic mass is 35.5. The summed E-state index contributed by atoms with van der Waals surface area (Å²) in [4.78, 5) is 10.00. The van der Waals surface area contributed by atoms with E-state index in [0.29, 0.717) is 6.42 Å². The zero-order valence-electron chi connectivity index (χ0n) is 10.8. The van der Waals surface area contributed by atoms with Crippen LogP contribution in [0.1, 0.15) is 13.3 Å². The molecule has 0 amide bonds. The number of hydrogen-bond acceptors (Lipinski definition) is 5. The molecular weight excluding hydrogens is 308 g/mol. The summed E-state index contributed by atoms with van der Waals surface area (Å²) in [6.45, 7) is 1.93. The number of rotatable bonds is 7. The third-order valence-corrected chi connectivity index (χ3v) is 3.88. The number of nitrogens with two attached hydrogens (primary N) is 1. The SMILES string of the molecule is CCC(COc1ccc([N+](=O)[O-])cc1Cl)CS(N)(=O)=O. The van der Waals surface area contributed by atoms with Crippen LogP contribution in [0.25, 0.3) is 0 Å². The van der Waals surface area contributed by atoms with Gasteiger partial charge in [0.25, 0.3) is 5.69 Å². The van der Waals surface area contributed by atoms with E-state index >= 15 is 0 Å². The molecule has 0 fully saturated rings. The molecule has 1 unspecified atom stereocenters. The van der Waals surface area contributed by atoms with Crippen LogP contribution >= 0.6 is 11.6 Å². The molecule has 0 saturated carbocycles. The van der Waals surface area contributed by atoms with E-state index < -0.39 is 14.9 Å². The van der Waals surface area contributed by atoms with Gasteiger partial charge in [-0.2, -0.15) is 0 Å². The van der Waals surface area contributed by atoms with E-state index in [1.807, 2.05) is 6.92 Å². The lowest BCUT2D eigenvalue weighted by molar-refractivity contribution is -0.384. The predicted octanol–water partition coefficient (Wildman–Crippen LogP) is 1.94. The molecule has 0 spiro atoms. The first-order valence-electron chi connectivity index (χ1n) is 5.80. The highest BCUT2D eigenvalue weighted by Gasteiger charge is 2.16. The Morgan fingerprint density at radius 1 is 1.50 bits per heavy atom. The van der Waals surface area contributed by atoms with Gasteiger partial charge in [0.1, 0.15) is 5.75 Å². The van der Waals surface area contributed by atoms with Crippen molar-refractivity contribution in [1.29, 1.82) is 0 Å². The van der Waals surface area contributed by atoms with E-state index in [9.17, 15) is 18.5 Å². The summed E-state index contributed by atoms with van der Waals surface area (Å²) < 4.78 is 27.4. The van der Waals surface area contributed by atoms with Crippen molar-refractivity contribution in [3.63, 3.8) is 0 Å². The van der Waals surface area contributed by atoms with E-state index in [2.05, 4.69) is 0 Å². The molecule has 0 aromatic heterocycles. The van der Waals surface area contributed by atoms with E-state index in [0.717, 1.165) is 0 Å². The summed E-state index contributed by atoms with van der Waals surface area (Å²) >= 11 is 5.86. The summed E-state index contributed by atoms with van der Waals surface area (Å²) in [5, 5.41) is 15.6. The Balaban J connectivity index is 2.71. The molecule has 9 heteroatoms. The molecule has 1 rings (SSSR count). The van der Waals surface area contributed by atoms with Gasteiger partial charge >= 0.3 is 0 Å². The van der Waals surface area contributed by atoms with Crippen LogP contribution in [-0.4, -0.2) is 25.7 Å². The van der Waals surface area contributed by atoms with E-state index in [-0.39, 0.29) is 34.7 Å². The van der Waals surface area contributed by atoms with Crippen molar-refractivity contribution in [2.24, 2.45) is 11.1 Å². The maximum atomic E-state index is 11.0. The van der Waals surface area contributed by atoms with Crippen LogP contribution in [0.3, 0.4) is 0 Å². The van der Waals surface area contributed by atoms with Gasteiger partial charge in [0, 0.05) is 18.1 Å². The normalized spacial score (nSPS) is 12.9. The van der Waals surface area contributed by atoms with Gasteiger partial charge in [-0.3, -0.25) is 10.1 Å². The van der Waals surface area contributed by atoms with Crippen LogP contribution < -0.4 is 9.88 Å². The Labute approximate surface area is 121 Å². The third-order valence-electron chi connectivity index (χ3n) is 2.65. The first kappa shape index (κ1) is 16.7. The molecule has 1 aromatic rings. The summed E-state index contributed by atoms with van der Waals surface area (Å²) in [5.74, 6) is -0.185. The average Bonchev–Trinajstić information content (AvgIpc) is 2.34. The van der Waals surface area contributed by atoms with Crippen LogP contribution in [0.2, 0.25) is 5.02 Å². The van der Waals surface area contributed by atoms with Gasteiger partial charge in [-0.1, -0.05) is 18.5 Å². The zero-order valence-corrected chi connectivity index (χ0v) is 12.4. The van der Waals surface area contributed by atoms with Gasteiger partial charge in [-0.25, -0.2) is 13.6 Å². The number of nitro groups is 1. The molecule has 0 bridgehead atoms. The fourth-order valence-electron chi connectivity index (χ4n) is 1.54. The number of benzene rings is 1. The molecule has 0 aliphatic heterocycles. The number of nitro benzene ring substituents is 1. The second-order valence-corrected chi connectivity index (χ2v) is 6.35. The lowest BCUT2D eigenvalue weighted by Crippen LogP contribution is -2.26. The first-order chi connectivity index (χ1) is 9.23. The Bertz CT molecular complexity index is 590. The minimum atomic E-state index is -3.57. The second kappa shape index (κ2) is 6.87. The Morgan fingerprint density at radius 3 is 2.60 bits per heavy atom. The highest BCUT2D eigenvalue weighted by molar-refractivity contribution is 7.89. The fourth-order valence-corrected chi connectivity index (χ4v) is 2.76. The average molecular weight is 323 g/mol. The topological polar surface area (TPSA) is 113 Å². The van der Waals surface area contributed by atoms with Gasteiger partial charge < -0.3 is 4.74 Å². The molecule has 0 saturated heterocycles. The number of primary sulfonamides is 1. The Kier molecular flexibility index (Phi) is 5.73. The van der Waals surface area contributed by atoms with Gasteiger partial charge in [0.05, 0.1) is 22.3 Å². The minimum Gasteiger partial charge on any atom is -0.492 e. The molecule has 1 atom stereocenters. The third kappa shape index (κ3) is 5.32. The van der Waals surface area contributed by atoms with Crippen LogP contribution in [0.5, 0.6) is 5.75 Å². The van der Waals surface area contributed by atoms with Crippen molar-refractivity contribution in [2.45, 2.75) is 13.3 Å².